The predicted octanol–water partition coefficient (Wildman–Crippen LogP) is 3.67. The topological polar surface area (TPSA) is 107 Å². The normalized spacial score (nSPS) is 11.2. The van der Waals surface area contributed by atoms with Crippen molar-refractivity contribution in [3.63, 3.8) is 0 Å². The first-order valence-electron chi connectivity index (χ1n) is 11.0. The maximum Gasteiger partial charge on any atom is 0.264 e. The highest BCUT2D eigenvalue weighted by molar-refractivity contribution is 7.92. The van der Waals surface area contributed by atoms with Crippen LogP contribution < -0.4 is 23.9 Å². The second kappa shape index (κ2) is 11.6. The minimum absolute atomic E-state index is 0.0805. The summed E-state index contributed by atoms with van der Waals surface area (Å²) >= 11 is 0. The molecule has 36 heavy (non-hydrogen) atoms. The van der Waals surface area contributed by atoms with Crippen molar-refractivity contribution in [3.8, 4) is 17.2 Å². The molecular weight excluding hydrogens is 482 g/mol. The Morgan fingerprint density at radius 2 is 1.56 bits per heavy atom. The van der Waals surface area contributed by atoms with Crippen LogP contribution in [0.15, 0.2) is 70.7 Å². The standard InChI is InChI=1S/C26H29N3O6S/c1-18-11-12-21(13-19(18)2)29(36(31,32)22-9-7-6-8-10-22)17-25(30)28-27-16-20-14-23(33-3)26(35-5)24(15-20)34-4/h6-16H,17H2,1-5H3,(H,28,30)/b27-16-. The minimum Gasteiger partial charge on any atom is -0.493 e. The molecule has 3 aromatic rings. The van der Waals surface area contributed by atoms with Crippen molar-refractivity contribution in [2.75, 3.05) is 32.2 Å². The molecule has 9 nitrogen and oxygen atoms in total. The number of carbonyl (C=O) groups excluding carboxylic acids is 1. The summed E-state index contributed by atoms with van der Waals surface area (Å²) in [6.45, 7) is 3.35. The summed E-state index contributed by atoms with van der Waals surface area (Å²) in [6, 6.07) is 16.5. The quantitative estimate of drug-likeness (QED) is 0.329. The van der Waals surface area contributed by atoms with Crippen molar-refractivity contribution in [2.24, 2.45) is 5.10 Å². The van der Waals surface area contributed by atoms with Gasteiger partial charge >= 0.3 is 0 Å². The summed E-state index contributed by atoms with van der Waals surface area (Å²) < 4.78 is 43.9. The smallest absolute Gasteiger partial charge is 0.264 e. The molecule has 10 heteroatoms. The highest BCUT2D eigenvalue weighted by Gasteiger charge is 2.27. The third-order valence-corrected chi connectivity index (χ3v) is 7.27. The number of sulfonamides is 1. The predicted molar refractivity (Wildman–Crippen MR) is 139 cm³/mol. The third-order valence-electron chi connectivity index (χ3n) is 5.49. The number of ether oxygens (including phenoxy) is 3. The van der Waals surface area contributed by atoms with Crippen molar-refractivity contribution in [3.05, 3.63) is 77.4 Å². The Morgan fingerprint density at radius 3 is 2.11 bits per heavy atom. The zero-order valence-electron chi connectivity index (χ0n) is 20.8. The van der Waals surface area contributed by atoms with Gasteiger partial charge in [-0.3, -0.25) is 9.10 Å². The van der Waals surface area contributed by atoms with E-state index in [4.69, 9.17) is 14.2 Å². The van der Waals surface area contributed by atoms with Crippen LogP contribution in [-0.2, 0) is 14.8 Å². The fourth-order valence-electron chi connectivity index (χ4n) is 3.44. The van der Waals surface area contributed by atoms with Gasteiger partial charge in [-0.15, -0.1) is 0 Å². The van der Waals surface area contributed by atoms with Crippen LogP contribution in [0.5, 0.6) is 17.2 Å². The summed E-state index contributed by atoms with van der Waals surface area (Å²) in [4.78, 5) is 12.9. The molecule has 0 atom stereocenters. The number of rotatable bonds is 10. The number of amides is 1. The van der Waals surface area contributed by atoms with Crippen LogP contribution in [0, 0.1) is 13.8 Å². The zero-order chi connectivity index (χ0) is 26.3. The van der Waals surface area contributed by atoms with E-state index in [0.717, 1.165) is 15.4 Å². The van der Waals surface area contributed by atoms with Gasteiger partial charge in [0, 0.05) is 5.56 Å². The molecule has 0 spiro atoms. The molecule has 0 saturated heterocycles. The Kier molecular flexibility index (Phi) is 8.55. The van der Waals surface area contributed by atoms with Crippen molar-refractivity contribution >= 4 is 27.8 Å². The molecule has 0 fully saturated rings. The molecule has 1 amide bonds. The fraction of sp³-hybridized carbons (Fsp3) is 0.231. The zero-order valence-corrected chi connectivity index (χ0v) is 21.6. The van der Waals surface area contributed by atoms with Gasteiger partial charge in [-0.25, -0.2) is 13.8 Å². The lowest BCUT2D eigenvalue weighted by atomic mass is 10.1. The van der Waals surface area contributed by atoms with Crippen LogP contribution in [-0.4, -0.2) is 48.4 Å². The van der Waals surface area contributed by atoms with Crippen LogP contribution in [0.1, 0.15) is 16.7 Å². The van der Waals surface area contributed by atoms with Gasteiger partial charge < -0.3 is 14.2 Å². The Labute approximate surface area is 211 Å². The first-order chi connectivity index (χ1) is 17.2. The monoisotopic (exact) mass is 511 g/mol. The summed E-state index contributed by atoms with van der Waals surface area (Å²) in [5.41, 5.74) is 5.27. The summed E-state index contributed by atoms with van der Waals surface area (Å²) in [5.74, 6) is 0.673. The van der Waals surface area contributed by atoms with Gasteiger partial charge in [0.2, 0.25) is 5.75 Å². The van der Waals surface area contributed by atoms with Crippen LogP contribution in [0.25, 0.3) is 0 Å². The molecule has 0 aromatic heterocycles. The molecular formula is C26H29N3O6S. The number of anilines is 1. The molecule has 3 aromatic carbocycles. The number of methoxy groups -OCH3 is 3. The van der Waals surface area contributed by atoms with E-state index >= 15 is 0 Å². The van der Waals surface area contributed by atoms with E-state index in [1.54, 1.807) is 42.5 Å². The number of hydrazone groups is 1. The second-order valence-corrected chi connectivity index (χ2v) is 9.71. The molecule has 3 rings (SSSR count). The third kappa shape index (κ3) is 5.95. The van der Waals surface area contributed by atoms with E-state index in [-0.39, 0.29) is 4.90 Å². The average molecular weight is 512 g/mol. The number of carbonyl (C=O) groups is 1. The van der Waals surface area contributed by atoms with E-state index in [0.29, 0.717) is 28.5 Å². The highest BCUT2D eigenvalue weighted by Crippen LogP contribution is 2.37. The molecule has 0 aliphatic heterocycles. The van der Waals surface area contributed by atoms with Crippen molar-refractivity contribution in [1.82, 2.24) is 5.43 Å². The number of nitrogens with one attached hydrogen (secondary N) is 1. The van der Waals surface area contributed by atoms with E-state index in [1.165, 1.54) is 39.7 Å². The lowest BCUT2D eigenvalue weighted by Gasteiger charge is -2.24. The summed E-state index contributed by atoms with van der Waals surface area (Å²) in [5, 5.41) is 3.98. The first kappa shape index (κ1) is 26.6. The molecule has 1 N–H and O–H groups in total. The van der Waals surface area contributed by atoms with Crippen LogP contribution in [0.2, 0.25) is 0 Å². The van der Waals surface area contributed by atoms with Gasteiger partial charge in [0.05, 0.1) is 38.1 Å². The van der Waals surface area contributed by atoms with Crippen LogP contribution in [0.4, 0.5) is 5.69 Å². The largest absolute Gasteiger partial charge is 0.493 e. The first-order valence-corrected chi connectivity index (χ1v) is 12.4. The Balaban J connectivity index is 1.85. The number of nitrogens with zero attached hydrogens (tertiary/aromatic N) is 2. The molecule has 0 bridgehead atoms. The van der Waals surface area contributed by atoms with E-state index < -0.39 is 22.5 Å². The number of benzene rings is 3. The number of hydrogen-bond acceptors (Lipinski definition) is 7. The number of aryl methyl sites for hydroxylation is 2. The Bertz CT molecular complexity index is 1330. The highest BCUT2D eigenvalue weighted by atomic mass is 32.2. The van der Waals surface area contributed by atoms with E-state index in [2.05, 4.69) is 10.5 Å². The summed E-state index contributed by atoms with van der Waals surface area (Å²) in [6.07, 6.45) is 1.40. The van der Waals surface area contributed by atoms with Crippen molar-refractivity contribution in [2.45, 2.75) is 18.7 Å². The molecule has 0 aliphatic carbocycles. The Morgan fingerprint density at radius 1 is 0.917 bits per heavy atom. The average Bonchev–Trinajstić information content (AvgIpc) is 2.88. The van der Waals surface area contributed by atoms with Gasteiger partial charge in [-0.05, 0) is 61.4 Å². The SMILES string of the molecule is COc1cc(/C=N\NC(=O)CN(c2ccc(C)c(C)c2)S(=O)(=O)c2ccccc2)cc(OC)c1OC. The molecule has 0 radical (unpaired) electrons. The molecule has 0 saturated carbocycles. The fourth-order valence-corrected chi connectivity index (χ4v) is 4.87. The summed E-state index contributed by atoms with van der Waals surface area (Å²) in [7, 11) is 0.480. The molecule has 0 aliphatic rings. The van der Waals surface area contributed by atoms with E-state index in [1.807, 2.05) is 19.9 Å². The molecule has 190 valence electrons. The number of hydrogen-bond donors (Lipinski definition) is 1. The molecule has 0 unspecified atom stereocenters. The van der Waals surface area contributed by atoms with Gasteiger partial charge in [0.15, 0.2) is 11.5 Å². The van der Waals surface area contributed by atoms with Crippen LogP contribution >= 0.6 is 0 Å². The maximum atomic E-state index is 13.4. The lowest BCUT2D eigenvalue weighted by Crippen LogP contribution is -2.39. The second-order valence-electron chi connectivity index (χ2n) is 7.85. The van der Waals surface area contributed by atoms with E-state index in [9.17, 15) is 13.2 Å². The van der Waals surface area contributed by atoms with Crippen molar-refractivity contribution < 1.29 is 27.4 Å². The van der Waals surface area contributed by atoms with Crippen molar-refractivity contribution in [1.29, 1.82) is 0 Å². The van der Waals surface area contributed by atoms with Gasteiger partial charge in [0.1, 0.15) is 6.54 Å². The molecule has 0 heterocycles. The maximum absolute atomic E-state index is 13.4. The lowest BCUT2D eigenvalue weighted by molar-refractivity contribution is -0.119. The Hall–Kier alpha value is -4.05. The van der Waals surface area contributed by atoms with Gasteiger partial charge in [0.25, 0.3) is 15.9 Å². The van der Waals surface area contributed by atoms with Gasteiger partial charge in [-0.2, -0.15) is 5.10 Å². The van der Waals surface area contributed by atoms with Crippen LogP contribution in [0.3, 0.4) is 0 Å². The minimum atomic E-state index is -4.01. The van der Waals surface area contributed by atoms with Gasteiger partial charge in [-0.1, -0.05) is 24.3 Å².